The van der Waals surface area contributed by atoms with Crippen molar-refractivity contribution in [1.82, 2.24) is 10.2 Å². The topological polar surface area (TPSA) is 81.0 Å². The lowest BCUT2D eigenvalue weighted by atomic mass is 9.95. The average molecular weight is 493 g/mol. The molecule has 0 unspecified atom stereocenters. The van der Waals surface area contributed by atoms with E-state index < -0.39 is 18.1 Å². The summed E-state index contributed by atoms with van der Waals surface area (Å²) in [5, 5.41) is 3.13. The van der Waals surface area contributed by atoms with Gasteiger partial charge in [0.2, 0.25) is 6.10 Å². The number of furan rings is 1. The Morgan fingerprint density at radius 2 is 1.72 bits per heavy atom. The number of nitrogens with zero attached hydrogens (tertiary/aromatic N) is 1. The maximum atomic E-state index is 13.9. The van der Waals surface area contributed by atoms with Crippen molar-refractivity contribution in [3.8, 4) is 11.5 Å². The van der Waals surface area contributed by atoms with E-state index in [9.17, 15) is 14.0 Å². The minimum atomic E-state index is -1.03. The molecule has 0 saturated heterocycles. The van der Waals surface area contributed by atoms with Crippen LogP contribution in [-0.4, -0.2) is 35.5 Å². The van der Waals surface area contributed by atoms with Gasteiger partial charge in [-0.15, -0.1) is 0 Å². The fourth-order valence-corrected chi connectivity index (χ4v) is 4.81. The molecule has 2 atom stereocenters. The van der Waals surface area contributed by atoms with Crippen LogP contribution >= 0.6 is 0 Å². The van der Waals surface area contributed by atoms with Gasteiger partial charge >= 0.3 is 0 Å². The molecule has 1 saturated carbocycles. The maximum absolute atomic E-state index is 13.9. The first kappa shape index (κ1) is 23.9. The molecule has 3 aromatic rings. The lowest BCUT2D eigenvalue weighted by Crippen LogP contribution is -2.52. The highest BCUT2D eigenvalue weighted by Gasteiger charge is 2.40. The molecule has 2 aromatic carbocycles. The standard InChI is InChI=1S/C28H29FN2O5/c29-20-14-12-19(13-15-20)17-31(28(33)25-18-35-22-9-4-5-10-23(22)36-25)26(24-11-6-16-34-24)27(32)30-21-7-2-1-3-8-21/h4-6,9-16,21,25-26H,1-3,7-8,17-18H2,(H,30,32)/t25-,26-/m1/s1. The van der Waals surface area contributed by atoms with Crippen LogP contribution in [0.1, 0.15) is 49.5 Å². The minimum Gasteiger partial charge on any atom is -0.485 e. The van der Waals surface area contributed by atoms with Crippen molar-refractivity contribution in [2.45, 2.75) is 56.8 Å². The van der Waals surface area contributed by atoms with Crippen LogP contribution in [0, 0.1) is 5.82 Å². The number of ether oxygens (including phenoxy) is 2. The average Bonchev–Trinajstić information content (AvgIpc) is 3.44. The SMILES string of the molecule is O=C(NC1CCCCC1)[C@@H](c1ccco1)N(Cc1ccc(F)cc1)C(=O)[C@H]1COc2ccccc2O1. The van der Waals surface area contributed by atoms with Gasteiger partial charge in [0, 0.05) is 12.6 Å². The van der Waals surface area contributed by atoms with Crippen LogP contribution in [0.5, 0.6) is 11.5 Å². The molecule has 1 aromatic heterocycles. The molecule has 36 heavy (non-hydrogen) atoms. The number of para-hydroxylation sites is 2. The number of hydrogen-bond donors (Lipinski definition) is 1. The number of fused-ring (bicyclic) bond motifs is 1. The summed E-state index contributed by atoms with van der Waals surface area (Å²) in [5.74, 6) is 0.249. The fourth-order valence-electron chi connectivity index (χ4n) is 4.81. The molecule has 1 aliphatic carbocycles. The Balaban J connectivity index is 1.46. The summed E-state index contributed by atoms with van der Waals surface area (Å²) in [6.07, 6.45) is 5.59. The van der Waals surface area contributed by atoms with E-state index in [1.807, 2.05) is 6.07 Å². The number of hydrogen-bond acceptors (Lipinski definition) is 5. The van der Waals surface area contributed by atoms with E-state index >= 15 is 0 Å². The summed E-state index contributed by atoms with van der Waals surface area (Å²) >= 11 is 0. The van der Waals surface area contributed by atoms with Crippen molar-refractivity contribution in [2.24, 2.45) is 0 Å². The predicted octanol–water partition coefficient (Wildman–Crippen LogP) is 4.78. The van der Waals surface area contributed by atoms with Crippen molar-refractivity contribution in [3.05, 3.63) is 84.1 Å². The zero-order chi connectivity index (χ0) is 24.9. The smallest absolute Gasteiger partial charge is 0.268 e. The molecule has 2 aliphatic rings. The van der Waals surface area contributed by atoms with E-state index in [0.717, 1.165) is 32.1 Å². The van der Waals surface area contributed by atoms with Gasteiger partial charge in [-0.1, -0.05) is 43.5 Å². The van der Waals surface area contributed by atoms with Crippen molar-refractivity contribution >= 4 is 11.8 Å². The van der Waals surface area contributed by atoms with Crippen LogP contribution in [0.4, 0.5) is 4.39 Å². The minimum absolute atomic E-state index is 0.00484. The number of nitrogens with one attached hydrogen (secondary N) is 1. The molecule has 5 rings (SSSR count). The number of carbonyl (C=O) groups excluding carboxylic acids is 2. The van der Waals surface area contributed by atoms with Gasteiger partial charge < -0.3 is 24.1 Å². The second-order valence-corrected chi connectivity index (χ2v) is 9.22. The molecule has 0 radical (unpaired) electrons. The van der Waals surface area contributed by atoms with Crippen LogP contribution in [0.2, 0.25) is 0 Å². The number of carbonyl (C=O) groups is 2. The Bertz CT molecular complexity index is 1170. The first-order valence-electron chi connectivity index (χ1n) is 12.4. The van der Waals surface area contributed by atoms with Gasteiger partial charge in [0.15, 0.2) is 17.5 Å². The summed E-state index contributed by atoms with van der Waals surface area (Å²) in [4.78, 5) is 29.1. The van der Waals surface area contributed by atoms with E-state index in [1.54, 1.807) is 42.5 Å². The van der Waals surface area contributed by atoms with Crippen LogP contribution in [-0.2, 0) is 16.1 Å². The zero-order valence-electron chi connectivity index (χ0n) is 19.9. The normalized spacial score (nSPS) is 18.3. The predicted molar refractivity (Wildman–Crippen MR) is 130 cm³/mol. The van der Waals surface area contributed by atoms with E-state index in [-0.39, 0.29) is 30.9 Å². The maximum Gasteiger partial charge on any atom is 0.268 e. The zero-order valence-corrected chi connectivity index (χ0v) is 19.9. The number of benzene rings is 2. The van der Waals surface area contributed by atoms with Crippen molar-refractivity contribution < 1.29 is 27.9 Å². The summed E-state index contributed by atoms with van der Waals surface area (Å²) in [5.41, 5.74) is 0.670. The van der Waals surface area contributed by atoms with Gasteiger partial charge in [0.1, 0.15) is 18.2 Å². The van der Waals surface area contributed by atoms with Crippen molar-refractivity contribution in [2.75, 3.05) is 6.61 Å². The molecule has 8 heteroatoms. The first-order valence-corrected chi connectivity index (χ1v) is 12.4. The number of amides is 2. The van der Waals surface area contributed by atoms with Crippen LogP contribution in [0.25, 0.3) is 0 Å². The fraction of sp³-hybridized carbons (Fsp3) is 0.357. The third kappa shape index (κ3) is 5.37. The second-order valence-electron chi connectivity index (χ2n) is 9.22. The monoisotopic (exact) mass is 492 g/mol. The molecule has 1 N–H and O–H groups in total. The van der Waals surface area contributed by atoms with Gasteiger partial charge in [0.05, 0.1) is 6.26 Å². The van der Waals surface area contributed by atoms with Gasteiger partial charge in [-0.25, -0.2) is 4.39 Å². The molecule has 1 aliphatic heterocycles. The van der Waals surface area contributed by atoms with E-state index in [0.29, 0.717) is 22.8 Å². The summed E-state index contributed by atoms with van der Waals surface area (Å²) in [6.45, 7) is 0.0644. The third-order valence-corrected chi connectivity index (χ3v) is 6.66. The van der Waals surface area contributed by atoms with E-state index in [2.05, 4.69) is 5.32 Å². The van der Waals surface area contributed by atoms with Gasteiger partial charge in [-0.3, -0.25) is 9.59 Å². The summed E-state index contributed by atoms with van der Waals surface area (Å²) in [7, 11) is 0. The largest absolute Gasteiger partial charge is 0.485 e. The van der Waals surface area contributed by atoms with Crippen LogP contribution in [0.15, 0.2) is 71.3 Å². The highest BCUT2D eigenvalue weighted by atomic mass is 19.1. The van der Waals surface area contributed by atoms with Gasteiger partial charge in [-0.2, -0.15) is 0 Å². The van der Waals surface area contributed by atoms with Crippen LogP contribution in [0.3, 0.4) is 0 Å². The Hall–Kier alpha value is -3.81. The Morgan fingerprint density at radius 3 is 2.44 bits per heavy atom. The number of halogens is 1. The van der Waals surface area contributed by atoms with Crippen LogP contribution < -0.4 is 14.8 Å². The van der Waals surface area contributed by atoms with Crippen molar-refractivity contribution in [1.29, 1.82) is 0 Å². The molecule has 1 fully saturated rings. The highest BCUT2D eigenvalue weighted by Crippen LogP contribution is 2.33. The van der Waals surface area contributed by atoms with Gasteiger partial charge in [0.25, 0.3) is 11.8 Å². The number of rotatable bonds is 7. The molecule has 2 heterocycles. The van der Waals surface area contributed by atoms with E-state index in [1.165, 1.54) is 23.3 Å². The summed E-state index contributed by atoms with van der Waals surface area (Å²) in [6, 6.07) is 15.4. The lowest BCUT2D eigenvalue weighted by Gasteiger charge is -2.35. The Labute approximate surface area is 209 Å². The molecule has 0 bridgehead atoms. The van der Waals surface area contributed by atoms with Gasteiger partial charge in [-0.05, 0) is 54.8 Å². The van der Waals surface area contributed by atoms with E-state index in [4.69, 9.17) is 13.9 Å². The Morgan fingerprint density at radius 1 is 0.972 bits per heavy atom. The first-order chi connectivity index (χ1) is 17.6. The second kappa shape index (κ2) is 10.8. The third-order valence-electron chi connectivity index (χ3n) is 6.66. The quantitative estimate of drug-likeness (QED) is 0.514. The van der Waals surface area contributed by atoms with Crippen molar-refractivity contribution in [3.63, 3.8) is 0 Å². The molecular formula is C28H29FN2O5. The molecule has 188 valence electrons. The lowest BCUT2D eigenvalue weighted by molar-refractivity contribution is -0.150. The molecule has 2 amide bonds. The molecule has 0 spiro atoms. The molecular weight excluding hydrogens is 463 g/mol. The Kier molecular flexibility index (Phi) is 7.21. The highest BCUT2D eigenvalue weighted by molar-refractivity contribution is 5.90. The molecule has 7 nitrogen and oxygen atoms in total. The summed E-state index contributed by atoms with van der Waals surface area (Å²) < 4.78 is 31.0.